The van der Waals surface area contributed by atoms with Gasteiger partial charge in [0.1, 0.15) is 5.82 Å². The van der Waals surface area contributed by atoms with E-state index in [1.165, 1.54) is 29.5 Å². The van der Waals surface area contributed by atoms with E-state index >= 15 is 0 Å². The van der Waals surface area contributed by atoms with Crippen molar-refractivity contribution in [2.75, 3.05) is 0 Å². The summed E-state index contributed by atoms with van der Waals surface area (Å²) in [6.07, 6.45) is 0. The Labute approximate surface area is 150 Å². The van der Waals surface area contributed by atoms with Crippen molar-refractivity contribution >= 4 is 28.8 Å². The summed E-state index contributed by atoms with van der Waals surface area (Å²) in [4.78, 5) is 20.7. The quantitative estimate of drug-likeness (QED) is 0.646. The Morgan fingerprint density at radius 3 is 2.76 bits per heavy atom. The van der Waals surface area contributed by atoms with E-state index in [1.54, 1.807) is 17.5 Å². The number of carbonyl (C=O) groups is 1. The summed E-state index contributed by atoms with van der Waals surface area (Å²) in [5, 5.41) is 23.9. The Hall–Kier alpha value is -2.71. The van der Waals surface area contributed by atoms with Crippen molar-refractivity contribution in [3.8, 4) is 22.3 Å². The van der Waals surface area contributed by atoms with Gasteiger partial charge in [0.2, 0.25) is 5.75 Å². The molecule has 128 valence electrons. The zero-order valence-electron chi connectivity index (χ0n) is 12.5. The van der Waals surface area contributed by atoms with Crippen molar-refractivity contribution in [3.05, 3.63) is 57.8 Å². The molecule has 1 aromatic carbocycles. The molecule has 1 amide bonds. The lowest BCUT2D eigenvalue weighted by Crippen LogP contribution is -2.24. The van der Waals surface area contributed by atoms with Gasteiger partial charge < -0.3 is 15.5 Å². The number of hydrogen-bond donors (Lipinski definition) is 3. The maximum atomic E-state index is 13.1. The highest BCUT2D eigenvalue weighted by atomic mass is 35.5. The van der Waals surface area contributed by atoms with Gasteiger partial charge in [0.25, 0.3) is 11.8 Å². The predicted molar refractivity (Wildman–Crippen MR) is 91.3 cm³/mol. The molecular formula is C16H11ClFN3O3S. The van der Waals surface area contributed by atoms with E-state index in [0.29, 0.717) is 10.4 Å². The molecule has 0 radical (unpaired) electrons. The highest BCUT2D eigenvalue weighted by Gasteiger charge is 2.20. The van der Waals surface area contributed by atoms with Crippen LogP contribution in [0, 0.1) is 5.82 Å². The highest BCUT2D eigenvalue weighted by molar-refractivity contribution is 7.13. The second-order valence-corrected chi connectivity index (χ2v) is 6.33. The van der Waals surface area contributed by atoms with Crippen LogP contribution in [0.25, 0.3) is 10.7 Å². The molecule has 0 fully saturated rings. The van der Waals surface area contributed by atoms with Gasteiger partial charge >= 0.3 is 0 Å². The average Bonchev–Trinajstić information content (AvgIpc) is 3.12. The summed E-state index contributed by atoms with van der Waals surface area (Å²) in [7, 11) is 0. The number of halogens is 2. The molecule has 3 aromatic rings. The summed E-state index contributed by atoms with van der Waals surface area (Å²) < 4.78 is 13.1. The minimum atomic E-state index is -0.714. The fourth-order valence-electron chi connectivity index (χ4n) is 2.03. The van der Waals surface area contributed by atoms with E-state index in [4.69, 9.17) is 11.6 Å². The molecule has 0 unspecified atom stereocenters. The topological polar surface area (TPSA) is 95.3 Å². The van der Waals surface area contributed by atoms with Crippen molar-refractivity contribution in [3.63, 3.8) is 0 Å². The SMILES string of the molecule is O=C(NCc1ccc(F)c(Cl)c1)c1nc(-c2cccs2)nc(O)c1O. The number of nitrogens with one attached hydrogen (secondary N) is 1. The van der Waals surface area contributed by atoms with Gasteiger partial charge in [-0.05, 0) is 29.1 Å². The molecule has 0 atom stereocenters. The van der Waals surface area contributed by atoms with Crippen LogP contribution in [0.5, 0.6) is 11.6 Å². The fourth-order valence-corrected chi connectivity index (χ4v) is 2.89. The third-order valence-corrected chi connectivity index (χ3v) is 4.41. The van der Waals surface area contributed by atoms with Crippen LogP contribution >= 0.6 is 22.9 Å². The fraction of sp³-hybridized carbons (Fsp3) is 0.0625. The Balaban J connectivity index is 1.82. The van der Waals surface area contributed by atoms with Gasteiger partial charge in [0.05, 0.1) is 9.90 Å². The standard InChI is InChI=1S/C16H11ClFN3O3S/c17-9-6-8(3-4-10(9)18)7-19-15(23)12-13(22)16(24)21-14(20-12)11-2-1-5-25-11/h1-6,22H,7H2,(H,19,23)(H,20,21,24). The van der Waals surface area contributed by atoms with Crippen molar-refractivity contribution in [1.29, 1.82) is 0 Å². The van der Waals surface area contributed by atoms with Crippen LogP contribution in [-0.2, 0) is 6.54 Å². The van der Waals surface area contributed by atoms with Crippen molar-refractivity contribution < 1.29 is 19.4 Å². The number of amides is 1. The van der Waals surface area contributed by atoms with E-state index in [1.807, 2.05) is 0 Å². The van der Waals surface area contributed by atoms with Crippen LogP contribution in [-0.4, -0.2) is 26.1 Å². The molecule has 6 nitrogen and oxygen atoms in total. The summed E-state index contributed by atoms with van der Waals surface area (Å²) in [6.45, 7) is 0.0391. The smallest absolute Gasteiger partial charge is 0.274 e. The summed E-state index contributed by atoms with van der Waals surface area (Å²) >= 11 is 7.01. The zero-order valence-corrected chi connectivity index (χ0v) is 14.1. The maximum Gasteiger partial charge on any atom is 0.274 e. The van der Waals surface area contributed by atoms with E-state index < -0.39 is 23.4 Å². The number of hydrogen-bond acceptors (Lipinski definition) is 6. The zero-order chi connectivity index (χ0) is 18.0. The monoisotopic (exact) mass is 379 g/mol. The molecule has 2 heterocycles. The molecule has 3 N–H and O–H groups in total. The average molecular weight is 380 g/mol. The van der Waals surface area contributed by atoms with E-state index in [9.17, 15) is 19.4 Å². The van der Waals surface area contributed by atoms with Gasteiger partial charge in [0.15, 0.2) is 11.5 Å². The lowest BCUT2D eigenvalue weighted by atomic mass is 10.2. The molecule has 0 aliphatic carbocycles. The van der Waals surface area contributed by atoms with Gasteiger partial charge in [-0.15, -0.1) is 11.3 Å². The van der Waals surface area contributed by atoms with Crippen LogP contribution in [0.1, 0.15) is 16.1 Å². The maximum absolute atomic E-state index is 13.1. The summed E-state index contributed by atoms with van der Waals surface area (Å²) in [6, 6.07) is 7.53. The molecule has 3 rings (SSSR count). The first-order valence-corrected chi connectivity index (χ1v) is 8.27. The molecule has 0 aliphatic heterocycles. The second-order valence-electron chi connectivity index (χ2n) is 4.98. The number of aromatic nitrogens is 2. The number of rotatable bonds is 4. The molecule has 2 aromatic heterocycles. The minimum Gasteiger partial charge on any atom is -0.501 e. The number of benzene rings is 1. The number of nitrogens with zero attached hydrogens (tertiary/aromatic N) is 2. The number of aromatic hydroxyl groups is 2. The van der Waals surface area contributed by atoms with Crippen molar-refractivity contribution in [1.82, 2.24) is 15.3 Å². The third-order valence-electron chi connectivity index (χ3n) is 3.26. The molecule has 0 bridgehead atoms. The molecule has 0 spiro atoms. The Morgan fingerprint density at radius 1 is 1.28 bits per heavy atom. The third kappa shape index (κ3) is 3.70. The lowest BCUT2D eigenvalue weighted by molar-refractivity contribution is 0.0942. The second kappa shape index (κ2) is 7.04. The summed E-state index contributed by atoms with van der Waals surface area (Å²) in [5.41, 5.74) is 0.208. The molecule has 0 saturated heterocycles. The first-order valence-electron chi connectivity index (χ1n) is 7.01. The molecule has 9 heteroatoms. The van der Waals surface area contributed by atoms with E-state index in [-0.39, 0.29) is 23.1 Å². The first kappa shape index (κ1) is 17.1. The van der Waals surface area contributed by atoms with Gasteiger partial charge in [-0.1, -0.05) is 23.7 Å². The van der Waals surface area contributed by atoms with Gasteiger partial charge in [-0.2, -0.15) is 4.98 Å². The van der Waals surface area contributed by atoms with Crippen LogP contribution in [0.4, 0.5) is 4.39 Å². The number of carbonyl (C=O) groups excluding carboxylic acids is 1. The van der Waals surface area contributed by atoms with Crippen molar-refractivity contribution in [2.24, 2.45) is 0 Å². The predicted octanol–water partition coefficient (Wildman–Crippen LogP) is 3.34. The van der Waals surface area contributed by atoms with Gasteiger partial charge in [0, 0.05) is 6.54 Å². The Morgan fingerprint density at radius 2 is 2.08 bits per heavy atom. The van der Waals surface area contributed by atoms with E-state index in [2.05, 4.69) is 15.3 Å². The Kier molecular flexibility index (Phi) is 4.82. The highest BCUT2D eigenvalue weighted by Crippen LogP contribution is 2.30. The summed E-state index contributed by atoms with van der Waals surface area (Å²) in [5.74, 6) is -2.55. The van der Waals surface area contributed by atoms with Gasteiger partial charge in [-0.25, -0.2) is 9.37 Å². The van der Waals surface area contributed by atoms with Crippen LogP contribution in [0.3, 0.4) is 0 Å². The normalized spacial score (nSPS) is 10.6. The van der Waals surface area contributed by atoms with Crippen molar-refractivity contribution in [2.45, 2.75) is 6.54 Å². The number of thiophene rings is 1. The molecule has 0 saturated carbocycles. The lowest BCUT2D eigenvalue weighted by Gasteiger charge is -2.09. The molecule has 25 heavy (non-hydrogen) atoms. The first-order chi connectivity index (χ1) is 12.0. The van der Waals surface area contributed by atoms with Crippen LogP contribution in [0.2, 0.25) is 5.02 Å². The Bertz CT molecular complexity index is 935. The molecular weight excluding hydrogens is 369 g/mol. The minimum absolute atomic E-state index is 0.0391. The molecule has 0 aliphatic rings. The largest absolute Gasteiger partial charge is 0.501 e. The van der Waals surface area contributed by atoms with Crippen LogP contribution < -0.4 is 5.32 Å². The van der Waals surface area contributed by atoms with E-state index in [0.717, 1.165) is 0 Å². The van der Waals surface area contributed by atoms with Gasteiger partial charge in [-0.3, -0.25) is 4.79 Å². The van der Waals surface area contributed by atoms with Crippen LogP contribution in [0.15, 0.2) is 35.7 Å².